The monoisotopic (exact) mass is 352 g/mol. The van der Waals surface area contributed by atoms with Crippen LogP contribution in [0.3, 0.4) is 0 Å². The molecule has 1 heterocycles. The summed E-state index contributed by atoms with van der Waals surface area (Å²) >= 11 is 0. The minimum absolute atomic E-state index is 0.146. The number of nitrogens with zero attached hydrogens (tertiary/aromatic N) is 2. The molecule has 1 atom stereocenters. The Labute approximate surface area is 154 Å². The Bertz CT molecular complexity index is 751. The summed E-state index contributed by atoms with van der Waals surface area (Å²) in [4.78, 5) is 29.3. The third-order valence-corrected chi connectivity index (χ3v) is 4.59. The van der Waals surface area contributed by atoms with E-state index < -0.39 is 12.1 Å². The van der Waals surface area contributed by atoms with Gasteiger partial charge in [-0.3, -0.25) is 4.79 Å². The molecule has 0 aliphatic carbocycles. The van der Waals surface area contributed by atoms with Crippen molar-refractivity contribution in [2.75, 3.05) is 32.1 Å². The Hall–Kier alpha value is -2.82. The summed E-state index contributed by atoms with van der Waals surface area (Å²) < 4.78 is 5.65. The van der Waals surface area contributed by atoms with E-state index in [0.29, 0.717) is 11.1 Å². The fourth-order valence-electron chi connectivity index (χ4n) is 3.06. The molecule has 1 unspecified atom stereocenters. The Morgan fingerprint density at radius 3 is 2.15 bits per heavy atom. The van der Waals surface area contributed by atoms with Gasteiger partial charge in [-0.1, -0.05) is 30.3 Å². The van der Waals surface area contributed by atoms with Gasteiger partial charge in [-0.2, -0.15) is 0 Å². The minimum Gasteiger partial charge on any atom is -0.444 e. The molecule has 2 aromatic rings. The highest BCUT2D eigenvalue weighted by molar-refractivity contribution is 5.93. The number of likely N-dealkylation sites (tertiary alicyclic amines) is 1. The van der Waals surface area contributed by atoms with Crippen LogP contribution in [0, 0.1) is 0 Å². The van der Waals surface area contributed by atoms with Crippen molar-refractivity contribution >= 4 is 17.6 Å². The lowest BCUT2D eigenvalue weighted by molar-refractivity contribution is -0.140. The van der Waals surface area contributed by atoms with Crippen LogP contribution >= 0.6 is 0 Å². The molecule has 1 aliphatic heterocycles. The van der Waals surface area contributed by atoms with Crippen molar-refractivity contribution in [2.24, 2.45) is 0 Å². The molecule has 136 valence electrons. The average molecular weight is 352 g/mol. The number of amides is 1. The van der Waals surface area contributed by atoms with Gasteiger partial charge < -0.3 is 14.5 Å². The zero-order chi connectivity index (χ0) is 18.5. The molecule has 5 nitrogen and oxygen atoms in total. The number of hydrogen-bond donors (Lipinski definition) is 0. The van der Waals surface area contributed by atoms with Gasteiger partial charge in [-0.05, 0) is 37.1 Å². The molecule has 0 spiro atoms. The molecular weight excluding hydrogens is 328 g/mol. The molecule has 1 fully saturated rings. The third kappa shape index (κ3) is 4.04. The molecular formula is C21H24N2O3. The zero-order valence-electron chi connectivity index (χ0n) is 15.2. The number of anilines is 1. The fourth-order valence-corrected chi connectivity index (χ4v) is 3.06. The van der Waals surface area contributed by atoms with Gasteiger partial charge in [-0.25, -0.2) is 4.79 Å². The van der Waals surface area contributed by atoms with Crippen molar-refractivity contribution in [1.82, 2.24) is 4.90 Å². The summed E-state index contributed by atoms with van der Waals surface area (Å²) in [5.74, 6) is -0.635. The van der Waals surface area contributed by atoms with Crippen molar-refractivity contribution in [3.63, 3.8) is 0 Å². The summed E-state index contributed by atoms with van der Waals surface area (Å²) in [5, 5.41) is 0. The van der Waals surface area contributed by atoms with E-state index in [0.717, 1.165) is 31.6 Å². The van der Waals surface area contributed by atoms with Crippen LogP contribution in [0.15, 0.2) is 54.6 Å². The van der Waals surface area contributed by atoms with Crippen LogP contribution in [0.5, 0.6) is 0 Å². The molecule has 1 aliphatic rings. The summed E-state index contributed by atoms with van der Waals surface area (Å²) in [6, 6.07) is 16.4. The summed E-state index contributed by atoms with van der Waals surface area (Å²) in [6.45, 7) is 1.44. The van der Waals surface area contributed by atoms with Crippen LogP contribution in [-0.2, 0) is 9.53 Å². The quantitative estimate of drug-likeness (QED) is 0.775. The second kappa shape index (κ2) is 8.04. The van der Waals surface area contributed by atoms with Crippen LogP contribution in [0.25, 0.3) is 0 Å². The number of rotatable bonds is 5. The van der Waals surface area contributed by atoms with Gasteiger partial charge in [0.25, 0.3) is 5.91 Å². The van der Waals surface area contributed by atoms with Gasteiger partial charge in [-0.15, -0.1) is 0 Å². The summed E-state index contributed by atoms with van der Waals surface area (Å²) in [6.07, 6.45) is 1.08. The number of carbonyl (C=O) groups excluding carboxylic acids is 2. The maximum Gasteiger partial charge on any atom is 0.339 e. The highest BCUT2D eigenvalue weighted by Gasteiger charge is 2.31. The van der Waals surface area contributed by atoms with Gasteiger partial charge >= 0.3 is 5.97 Å². The predicted octanol–water partition coefficient (Wildman–Crippen LogP) is 3.27. The summed E-state index contributed by atoms with van der Waals surface area (Å²) in [7, 11) is 3.88. The van der Waals surface area contributed by atoms with Crippen LogP contribution in [-0.4, -0.2) is 44.0 Å². The van der Waals surface area contributed by atoms with Crippen LogP contribution in [0.1, 0.15) is 34.9 Å². The first-order chi connectivity index (χ1) is 12.6. The predicted molar refractivity (Wildman–Crippen MR) is 101 cm³/mol. The van der Waals surface area contributed by atoms with Crippen LogP contribution in [0.2, 0.25) is 0 Å². The van der Waals surface area contributed by atoms with Crippen molar-refractivity contribution < 1.29 is 14.3 Å². The lowest BCUT2D eigenvalue weighted by Crippen LogP contribution is -2.34. The van der Waals surface area contributed by atoms with E-state index in [1.54, 1.807) is 17.0 Å². The first kappa shape index (κ1) is 18.0. The number of hydrogen-bond acceptors (Lipinski definition) is 4. The second-order valence-electron chi connectivity index (χ2n) is 6.67. The second-order valence-corrected chi connectivity index (χ2v) is 6.67. The molecule has 1 amide bonds. The molecule has 2 aromatic carbocycles. The topological polar surface area (TPSA) is 49.9 Å². The molecule has 3 rings (SSSR count). The molecule has 0 saturated carbocycles. The van der Waals surface area contributed by atoms with Crippen LogP contribution in [0.4, 0.5) is 5.69 Å². The van der Waals surface area contributed by atoms with E-state index in [-0.39, 0.29) is 5.91 Å². The van der Waals surface area contributed by atoms with Gasteiger partial charge in [0.1, 0.15) is 0 Å². The Morgan fingerprint density at radius 1 is 0.962 bits per heavy atom. The molecule has 0 bridgehead atoms. The van der Waals surface area contributed by atoms with E-state index in [1.807, 2.05) is 61.5 Å². The maximum atomic E-state index is 12.9. The van der Waals surface area contributed by atoms with Gasteiger partial charge in [0, 0.05) is 38.4 Å². The highest BCUT2D eigenvalue weighted by Crippen LogP contribution is 2.24. The molecule has 5 heteroatoms. The van der Waals surface area contributed by atoms with E-state index >= 15 is 0 Å². The lowest BCUT2D eigenvalue weighted by atomic mass is 10.1. The highest BCUT2D eigenvalue weighted by atomic mass is 16.5. The van der Waals surface area contributed by atoms with Crippen molar-refractivity contribution in [1.29, 1.82) is 0 Å². The SMILES string of the molecule is CN(C)c1ccc(C(=O)OC(C(=O)N2CCCC2)c2ccccc2)cc1. The first-order valence-corrected chi connectivity index (χ1v) is 8.88. The number of esters is 1. The molecule has 0 N–H and O–H groups in total. The minimum atomic E-state index is -0.907. The Balaban J connectivity index is 1.80. The molecule has 26 heavy (non-hydrogen) atoms. The maximum absolute atomic E-state index is 12.9. The third-order valence-electron chi connectivity index (χ3n) is 4.59. The van der Waals surface area contributed by atoms with Crippen molar-refractivity contribution in [3.8, 4) is 0 Å². The largest absolute Gasteiger partial charge is 0.444 e. The number of benzene rings is 2. The average Bonchev–Trinajstić information content (AvgIpc) is 3.21. The van der Waals surface area contributed by atoms with Gasteiger partial charge in [0.2, 0.25) is 6.10 Å². The van der Waals surface area contributed by atoms with Crippen LogP contribution < -0.4 is 4.90 Å². The van der Waals surface area contributed by atoms with E-state index in [4.69, 9.17) is 4.74 Å². The first-order valence-electron chi connectivity index (χ1n) is 8.88. The van der Waals surface area contributed by atoms with Crippen molar-refractivity contribution in [2.45, 2.75) is 18.9 Å². The van der Waals surface area contributed by atoms with Gasteiger partial charge in [0.05, 0.1) is 5.56 Å². The Morgan fingerprint density at radius 2 is 1.58 bits per heavy atom. The molecule has 0 radical (unpaired) electrons. The fraction of sp³-hybridized carbons (Fsp3) is 0.333. The smallest absolute Gasteiger partial charge is 0.339 e. The molecule has 0 aromatic heterocycles. The van der Waals surface area contributed by atoms with Gasteiger partial charge in [0.15, 0.2) is 0 Å². The normalized spacial score (nSPS) is 14.8. The summed E-state index contributed by atoms with van der Waals surface area (Å²) in [5.41, 5.74) is 2.13. The lowest BCUT2D eigenvalue weighted by Gasteiger charge is -2.23. The van der Waals surface area contributed by atoms with E-state index in [9.17, 15) is 9.59 Å². The Kier molecular flexibility index (Phi) is 5.56. The van der Waals surface area contributed by atoms with E-state index in [2.05, 4.69) is 0 Å². The van der Waals surface area contributed by atoms with E-state index in [1.165, 1.54) is 0 Å². The molecule has 1 saturated heterocycles. The number of carbonyl (C=O) groups is 2. The number of ether oxygens (including phenoxy) is 1. The zero-order valence-corrected chi connectivity index (χ0v) is 15.2. The standard InChI is InChI=1S/C21H24N2O3/c1-22(2)18-12-10-17(11-13-18)21(25)26-19(16-8-4-3-5-9-16)20(24)23-14-6-7-15-23/h3-5,8-13,19H,6-7,14-15H2,1-2H3. The van der Waals surface area contributed by atoms with Crippen molar-refractivity contribution in [3.05, 3.63) is 65.7 Å².